The molecule has 1 aliphatic rings. The normalized spacial score (nSPS) is 17.8. The van der Waals surface area contributed by atoms with E-state index in [1.807, 2.05) is 12.1 Å². The van der Waals surface area contributed by atoms with Crippen LogP contribution in [0.2, 0.25) is 0 Å². The van der Waals surface area contributed by atoms with Crippen molar-refractivity contribution in [1.82, 2.24) is 25.1 Å². The monoisotopic (exact) mass is 287 g/mol. The van der Waals surface area contributed by atoms with E-state index in [0.29, 0.717) is 18.8 Å². The second-order valence-electron chi connectivity index (χ2n) is 4.98. The van der Waals surface area contributed by atoms with Gasteiger partial charge in [-0.15, -0.1) is 0 Å². The fraction of sp³-hybridized carbons (Fsp3) is 0.429. The molecular formula is C14H17N5O2. The lowest BCUT2D eigenvalue weighted by Crippen LogP contribution is -2.26. The second-order valence-corrected chi connectivity index (χ2v) is 4.98. The standard InChI is InChI=1S/C14H17N5O2/c20-14(6-12-2-1-5-21-12)17-8-11-3-4-13(16-7-11)19-10-15-9-18-19/h3-4,7,9-10,12H,1-2,5-6,8H2,(H,17,20)/t12-/m1/s1. The minimum Gasteiger partial charge on any atom is -0.378 e. The van der Waals surface area contributed by atoms with Crippen molar-refractivity contribution in [2.45, 2.75) is 31.9 Å². The van der Waals surface area contributed by atoms with E-state index in [1.54, 1.807) is 17.2 Å². The van der Waals surface area contributed by atoms with Crippen molar-refractivity contribution in [3.05, 3.63) is 36.5 Å². The van der Waals surface area contributed by atoms with Gasteiger partial charge in [-0.1, -0.05) is 6.07 Å². The molecule has 1 N–H and O–H groups in total. The zero-order chi connectivity index (χ0) is 14.5. The van der Waals surface area contributed by atoms with E-state index in [0.717, 1.165) is 25.0 Å². The molecule has 3 heterocycles. The number of nitrogens with one attached hydrogen (secondary N) is 1. The highest BCUT2D eigenvalue weighted by Crippen LogP contribution is 2.15. The van der Waals surface area contributed by atoms with Crippen LogP contribution in [0.3, 0.4) is 0 Å². The number of ether oxygens (including phenoxy) is 1. The first-order valence-electron chi connectivity index (χ1n) is 6.99. The van der Waals surface area contributed by atoms with Crippen LogP contribution in [0, 0.1) is 0 Å². The van der Waals surface area contributed by atoms with Crippen LogP contribution in [0.5, 0.6) is 0 Å². The average Bonchev–Trinajstić information content (AvgIpc) is 3.19. The first-order valence-corrected chi connectivity index (χ1v) is 6.99. The molecule has 2 aromatic heterocycles. The summed E-state index contributed by atoms with van der Waals surface area (Å²) in [7, 11) is 0. The van der Waals surface area contributed by atoms with E-state index in [1.165, 1.54) is 6.33 Å². The van der Waals surface area contributed by atoms with Gasteiger partial charge in [-0.3, -0.25) is 4.79 Å². The number of pyridine rings is 1. The van der Waals surface area contributed by atoms with Crippen molar-refractivity contribution in [3.8, 4) is 5.82 Å². The molecule has 0 aromatic carbocycles. The Labute approximate surface area is 122 Å². The van der Waals surface area contributed by atoms with E-state index in [2.05, 4.69) is 20.4 Å². The summed E-state index contributed by atoms with van der Waals surface area (Å²) < 4.78 is 7.03. The zero-order valence-electron chi connectivity index (χ0n) is 11.6. The molecule has 110 valence electrons. The average molecular weight is 287 g/mol. The molecule has 0 unspecified atom stereocenters. The summed E-state index contributed by atoms with van der Waals surface area (Å²) in [6.45, 7) is 1.24. The summed E-state index contributed by atoms with van der Waals surface area (Å²) >= 11 is 0. The largest absolute Gasteiger partial charge is 0.378 e. The minimum atomic E-state index is 0.0160. The number of carbonyl (C=O) groups is 1. The summed E-state index contributed by atoms with van der Waals surface area (Å²) in [4.78, 5) is 20.0. The third-order valence-electron chi connectivity index (χ3n) is 3.39. The summed E-state index contributed by atoms with van der Waals surface area (Å²) in [6.07, 6.45) is 7.31. The van der Waals surface area contributed by atoms with Crippen molar-refractivity contribution in [2.24, 2.45) is 0 Å². The molecule has 0 aliphatic carbocycles. The Bertz CT molecular complexity index is 576. The van der Waals surface area contributed by atoms with Crippen LogP contribution in [0.15, 0.2) is 31.0 Å². The van der Waals surface area contributed by atoms with Gasteiger partial charge in [0.05, 0.1) is 12.5 Å². The van der Waals surface area contributed by atoms with Gasteiger partial charge in [-0.25, -0.2) is 14.6 Å². The van der Waals surface area contributed by atoms with Crippen LogP contribution >= 0.6 is 0 Å². The zero-order valence-corrected chi connectivity index (χ0v) is 11.6. The maximum atomic E-state index is 11.8. The van der Waals surface area contributed by atoms with Gasteiger partial charge in [0.25, 0.3) is 0 Å². The first-order chi connectivity index (χ1) is 10.3. The highest BCUT2D eigenvalue weighted by atomic mass is 16.5. The van der Waals surface area contributed by atoms with Gasteiger partial charge in [0.1, 0.15) is 12.7 Å². The smallest absolute Gasteiger partial charge is 0.222 e. The number of nitrogens with zero attached hydrogens (tertiary/aromatic N) is 4. The molecule has 7 nitrogen and oxygen atoms in total. The van der Waals surface area contributed by atoms with Crippen molar-refractivity contribution < 1.29 is 9.53 Å². The van der Waals surface area contributed by atoms with Crippen molar-refractivity contribution in [2.75, 3.05) is 6.61 Å². The molecule has 1 amide bonds. The number of hydrogen-bond donors (Lipinski definition) is 1. The molecule has 0 bridgehead atoms. The molecular weight excluding hydrogens is 270 g/mol. The van der Waals surface area contributed by atoms with Gasteiger partial charge in [0.2, 0.25) is 5.91 Å². The van der Waals surface area contributed by atoms with E-state index < -0.39 is 0 Å². The quantitative estimate of drug-likeness (QED) is 0.881. The van der Waals surface area contributed by atoms with Gasteiger partial charge in [-0.2, -0.15) is 5.10 Å². The van der Waals surface area contributed by atoms with Crippen LogP contribution < -0.4 is 5.32 Å². The molecule has 3 rings (SSSR count). The molecule has 21 heavy (non-hydrogen) atoms. The number of hydrogen-bond acceptors (Lipinski definition) is 5. The highest BCUT2D eigenvalue weighted by Gasteiger charge is 2.18. The highest BCUT2D eigenvalue weighted by molar-refractivity contribution is 5.76. The molecule has 1 aliphatic heterocycles. The molecule has 1 atom stereocenters. The van der Waals surface area contributed by atoms with E-state index in [-0.39, 0.29) is 12.0 Å². The predicted molar refractivity (Wildman–Crippen MR) is 74.6 cm³/mol. The van der Waals surface area contributed by atoms with Crippen LogP contribution in [-0.2, 0) is 16.1 Å². The van der Waals surface area contributed by atoms with E-state index in [9.17, 15) is 4.79 Å². The summed E-state index contributed by atoms with van der Waals surface area (Å²) in [5, 5.41) is 6.89. The number of amides is 1. The summed E-state index contributed by atoms with van der Waals surface area (Å²) in [5.41, 5.74) is 0.944. The molecule has 0 saturated carbocycles. The predicted octanol–water partition coefficient (Wildman–Crippen LogP) is 0.848. The van der Waals surface area contributed by atoms with Crippen LogP contribution in [0.1, 0.15) is 24.8 Å². The maximum Gasteiger partial charge on any atom is 0.222 e. The molecule has 1 fully saturated rings. The van der Waals surface area contributed by atoms with E-state index in [4.69, 9.17) is 4.74 Å². The van der Waals surface area contributed by atoms with Crippen LogP contribution in [0.25, 0.3) is 5.82 Å². The Morgan fingerprint density at radius 1 is 1.48 bits per heavy atom. The third kappa shape index (κ3) is 3.63. The second kappa shape index (κ2) is 6.45. The Morgan fingerprint density at radius 2 is 2.43 bits per heavy atom. The molecule has 0 radical (unpaired) electrons. The number of aromatic nitrogens is 4. The Morgan fingerprint density at radius 3 is 3.10 bits per heavy atom. The molecule has 7 heteroatoms. The SMILES string of the molecule is O=C(C[C@H]1CCCO1)NCc1ccc(-n2cncn2)nc1. The molecule has 1 saturated heterocycles. The van der Waals surface area contributed by atoms with Crippen molar-refractivity contribution in [3.63, 3.8) is 0 Å². The van der Waals surface area contributed by atoms with E-state index >= 15 is 0 Å². The Hall–Kier alpha value is -2.28. The minimum absolute atomic E-state index is 0.0160. The first kappa shape index (κ1) is 13.7. The summed E-state index contributed by atoms with van der Waals surface area (Å²) in [5.74, 6) is 0.712. The van der Waals surface area contributed by atoms with Crippen molar-refractivity contribution >= 4 is 5.91 Å². The lowest BCUT2D eigenvalue weighted by atomic mass is 10.2. The molecule has 2 aromatic rings. The fourth-order valence-electron chi connectivity index (χ4n) is 2.27. The fourth-order valence-corrected chi connectivity index (χ4v) is 2.27. The van der Waals surface area contributed by atoms with Crippen LogP contribution in [-0.4, -0.2) is 38.4 Å². The number of rotatable bonds is 5. The summed E-state index contributed by atoms with van der Waals surface area (Å²) in [6, 6.07) is 3.76. The Balaban J connectivity index is 1.50. The van der Waals surface area contributed by atoms with Crippen molar-refractivity contribution in [1.29, 1.82) is 0 Å². The van der Waals surface area contributed by atoms with Gasteiger partial charge in [-0.05, 0) is 24.5 Å². The third-order valence-corrected chi connectivity index (χ3v) is 3.39. The lowest BCUT2D eigenvalue weighted by Gasteiger charge is -2.10. The van der Waals surface area contributed by atoms with Gasteiger partial charge in [0, 0.05) is 19.3 Å². The van der Waals surface area contributed by atoms with Crippen LogP contribution in [0.4, 0.5) is 0 Å². The number of carbonyl (C=O) groups excluding carboxylic acids is 1. The maximum absolute atomic E-state index is 11.8. The van der Waals surface area contributed by atoms with Gasteiger partial charge in [0.15, 0.2) is 5.82 Å². The topological polar surface area (TPSA) is 81.9 Å². The van der Waals surface area contributed by atoms with Gasteiger partial charge < -0.3 is 10.1 Å². The molecule has 0 spiro atoms. The lowest BCUT2D eigenvalue weighted by molar-refractivity contribution is -0.123. The Kier molecular flexibility index (Phi) is 4.20. The van der Waals surface area contributed by atoms with Gasteiger partial charge >= 0.3 is 0 Å².